The number of aromatic nitrogens is 1. The van der Waals surface area contributed by atoms with Crippen LogP contribution in [0.1, 0.15) is 5.56 Å². The van der Waals surface area contributed by atoms with Gasteiger partial charge in [0.25, 0.3) is 0 Å². The van der Waals surface area contributed by atoms with Gasteiger partial charge in [-0.1, -0.05) is 6.07 Å². The number of hydrogen-bond donors (Lipinski definition) is 0. The second-order valence-corrected chi connectivity index (χ2v) is 2.66. The first-order valence-electron chi connectivity index (χ1n) is 3.53. The third-order valence-corrected chi connectivity index (χ3v) is 1.95. The van der Waals surface area contributed by atoms with Gasteiger partial charge in [0, 0.05) is 19.8 Å². The van der Waals surface area contributed by atoms with Crippen molar-refractivity contribution >= 4 is 18.2 Å². The highest BCUT2D eigenvalue weighted by atomic mass is 35.5. The molecular weight excluding hydrogens is 160 g/mol. The summed E-state index contributed by atoms with van der Waals surface area (Å²) >= 11 is 0. The molecule has 0 amide bonds. The molecule has 0 saturated heterocycles. The van der Waals surface area contributed by atoms with Crippen LogP contribution in [0.15, 0.2) is 18.3 Å². The van der Waals surface area contributed by atoms with Gasteiger partial charge in [0.1, 0.15) is 5.82 Å². The summed E-state index contributed by atoms with van der Waals surface area (Å²) < 4.78 is 0. The first-order valence-corrected chi connectivity index (χ1v) is 3.53. The predicted octanol–water partition coefficient (Wildman–Crippen LogP) is 1.50. The molecule has 2 nitrogen and oxygen atoms in total. The van der Waals surface area contributed by atoms with E-state index in [2.05, 4.69) is 23.0 Å². The van der Waals surface area contributed by atoms with Crippen LogP contribution in [0.25, 0.3) is 0 Å². The molecule has 0 aromatic carbocycles. The lowest BCUT2D eigenvalue weighted by Crippen LogP contribution is -2.13. The van der Waals surface area contributed by atoms with Crippen LogP contribution in [0.2, 0.25) is 0 Å². The van der Waals surface area contributed by atoms with Crippen LogP contribution in [0.4, 0.5) is 5.82 Å². The summed E-state index contributed by atoms with van der Waals surface area (Å²) in [6, 6.07) is 4.14. The Morgan fingerprint density at radius 2 is 2.36 bits per heavy atom. The quantitative estimate of drug-likeness (QED) is 0.587. The lowest BCUT2D eigenvalue weighted by Gasteiger charge is -2.08. The van der Waals surface area contributed by atoms with Gasteiger partial charge in [-0.3, -0.25) is 0 Å². The molecule has 1 aromatic rings. The number of rotatable bonds is 0. The Labute approximate surface area is 72.7 Å². The minimum absolute atomic E-state index is 0. The van der Waals surface area contributed by atoms with Crippen LogP contribution in [-0.4, -0.2) is 18.6 Å². The Kier molecular flexibility index (Phi) is 2.35. The van der Waals surface area contributed by atoms with E-state index in [4.69, 9.17) is 0 Å². The van der Waals surface area contributed by atoms with E-state index in [9.17, 15) is 0 Å². The summed E-state index contributed by atoms with van der Waals surface area (Å²) in [4.78, 5) is 6.46. The maximum atomic E-state index is 4.27. The lowest BCUT2D eigenvalue weighted by molar-refractivity contribution is 0.945. The maximum absolute atomic E-state index is 4.27. The molecule has 0 bridgehead atoms. The van der Waals surface area contributed by atoms with E-state index in [0.29, 0.717) is 0 Å². The minimum Gasteiger partial charge on any atom is -0.359 e. The van der Waals surface area contributed by atoms with Gasteiger partial charge in [-0.15, -0.1) is 12.4 Å². The molecule has 1 aliphatic rings. The van der Waals surface area contributed by atoms with Gasteiger partial charge < -0.3 is 4.90 Å². The van der Waals surface area contributed by atoms with Crippen molar-refractivity contribution in [2.45, 2.75) is 6.42 Å². The molecule has 0 aliphatic carbocycles. The summed E-state index contributed by atoms with van der Waals surface area (Å²) in [6.07, 6.45) is 3.00. The van der Waals surface area contributed by atoms with Gasteiger partial charge in [-0.2, -0.15) is 0 Å². The zero-order valence-electron chi connectivity index (χ0n) is 6.45. The number of hydrogen-bond acceptors (Lipinski definition) is 2. The third kappa shape index (κ3) is 1.31. The first kappa shape index (κ1) is 8.34. The molecule has 2 heterocycles. The zero-order valence-corrected chi connectivity index (χ0v) is 7.27. The van der Waals surface area contributed by atoms with Crippen LogP contribution in [0, 0.1) is 0 Å². The second kappa shape index (κ2) is 3.09. The Morgan fingerprint density at radius 3 is 3.09 bits per heavy atom. The molecule has 11 heavy (non-hydrogen) atoms. The van der Waals surface area contributed by atoms with Gasteiger partial charge in [-0.05, 0) is 18.1 Å². The Morgan fingerprint density at radius 1 is 1.55 bits per heavy atom. The molecule has 0 spiro atoms. The largest absolute Gasteiger partial charge is 0.359 e. The van der Waals surface area contributed by atoms with Crippen molar-refractivity contribution in [1.82, 2.24) is 4.98 Å². The van der Waals surface area contributed by atoms with Crippen molar-refractivity contribution in [3.05, 3.63) is 23.9 Å². The number of likely N-dealkylation sites (N-methyl/N-ethyl adjacent to an activating group) is 1. The molecule has 0 saturated carbocycles. The molecular formula is C8H11ClN2. The van der Waals surface area contributed by atoms with Crippen LogP contribution >= 0.6 is 12.4 Å². The average Bonchev–Trinajstić information content (AvgIpc) is 2.34. The van der Waals surface area contributed by atoms with Crippen LogP contribution in [-0.2, 0) is 6.42 Å². The van der Waals surface area contributed by atoms with Crippen molar-refractivity contribution < 1.29 is 0 Å². The fourth-order valence-corrected chi connectivity index (χ4v) is 1.36. The lowest BCUT2D eigenvalue weighted by atomic mass is 10.2. The van der Waals surface area contributed by atoms with Gasteiger partial charge in [0.2, 0.25) is 0 Å². The third-order valence-electron chi connectivity index (χ3n) is 1.95. The number of anilines is 1. The maximum Gasteiger partial charge on any atom is 0.131 e. The molecule has 60 valence electrons. The van der Waals surface area contributed by atoms with Crippen LogP contribution in [0.3, 0.4) is 0 Å². The monoisotopic (exact) mass is 170 g/mol. The molecule has 0 unspecified atom stereocenters. The summed E-state index contributed by atoms with van der Waals surface area (Å²) in [5.41, 5.74) is 1.38. The molecule has 2 rings (SSSR count). The van der Waals surface area contributed by atoms with Crippen molar-refractivity contribution in [3.8, 4) is 0 Å². The van der Waals surface area contributed by atoms with E-state index in [1.807, 2.05) is 12.3 Å². The van der Waals surface area contributed by atoms with Crippen molar-refractivity contribution in [1.29, 1.82) is 0 Å². The second-order valence-electron chi connectivity index (χ2n) is 2.66. The van der Waals surface area contributed by atoms with Crippen LogP contribution in [0.5, 0.6) is 0 Å². The number of fused-ring (bicyclic) bond motifs is 1. The van der Waals surface area contributed by atoms with Gasteiger partial charge in [0.15, 0.2) is 0 Å². The van der Waals surface area contributed by atoms with Gasteiger partial charge in [-0.25, -0.2) is 4.98 Å². The van der Waals surface area contributed by atoms with E-state index >= 15 is 0 Å². The average molecular weight is 171 g/mol. The Hall–Kier alpha value is -0.760. The van der Waals surface area contributed by atoms with Gasteiger partial charge >= 0.3 is 0 Å². The van der Waals surface area contributed by atoms with Crippen LogP contribution < -0.4 is 4.90 Å². The molecule has 1 aromatic heterocycles. The highest BCUT2D eigenvalue weighted by Gasteiger charge is 2.14. The Bertz CT molecular complexity index is 250. The molecule has 0 atom stereocenters. The predicted molar refractivity (Wildman–Crippen MR) is 48.5 cm³/mol. The van der Waals surface area contributed by atoms with E-state index < -0.39 is 0 Å². The molecule has 0 fully saturated rings. The highest BCUT2D eigenvalue weighted by Crippen LogP contribution is 2.22. The first-order chi connectivity index (χ1) is 4.88. The zero-order chi connectivity index (χ0) is 6.97. The van der Waals surface area contributed by atoms with E-state index in [1.165, 1.54) is 5.56 Å². The summed E-state index contributed by atoms with van der Waals surface area (Å²) in [5, 5.41) is 0. The number of pyridine rings is 1. The van der Waals surface area contributed by atoms with Crippen molar-refractivity contribution in [2.24, 2.45) is 0 Å². The summed E-state index contributed by atoms with van der Waals surface area (Å²) in [7, 11) is 2.08. The van der Waals surface area contributed by atoms with E-state index in [0.717, 1.165) is 18.8 Å². The minimum atomic E-state index is 0. The van der Waals surface area contributed by atoms with Crippen molar-refractivity contribution in [2.75, 3.05) is 18.5 Å². The highest BCUT2D eigenvalue weighted by molar-refractivity contribution is 5.85. The molecule has 0 N–H and O–H groups in total. The number of halogens is 1. The summed E-state index contributed by atoms with van der Waals surface area (Å²) in [6.45, 7) is 1.12. The van der Waals surface area contributed by atoms with Crippen molar-refractivity contribution in [3.63, 3.8) is 0 Å². The molecule has 0 radical (unpaired) electrons. The van der Waals surface area contributed by atoms with E-state index in [-0.39, 0.29) is 12.4 Å². The molecule has 1 aliphatic heterocycles. The standard InChI is InChI=1S/C8H10N2.ClH/c1-10-6-4-7-3-2-5-9-8(7)10;/h2-3,5H,4,6H2,1H3;1H. The fourth-order valence-electron chi connectivity index (χ4n) is 1.36. The smallest absolute Gasteiger partial charge is 0.131 e. The topological polar surface area (TPSA) is 16.1 Å². The van der Waals surface area contributed by atoms with E-state index in [1.54, 1.807) is 0 Å². The molecule has 3 heteroatoms. The number of nitrogens with zero attached hydrogens (tertiary/aromatic N) is 2. The summed E-state index contributed by atoms with van der Waals surface area (Å²) in [5.74, 6) is 1.16. The fraction of sp³-hybridized carbons (Fsp3) is 0.375. The van der Waals surface area contributed by atoms with Gasteiger partial charge in [0.05, 0.1) is 0 Å². The Balaban J connectivity index is 0.000000605. The normalized spacial score (nSPS) is 14.1. The SMILES string of the molecule is CN1CCc2cccnc21.Cl.